The molecule has 264 valence electrons. The molecule has 1 aromatic rings. The molecule has 0 bridgehead atoms. The summed E-state index contributed by atoms with van der Waals surface area (Å²) in [7, 11) is 0. The van der Waals surface area contributed by atoms with Gasteiger partial charge in [0.25, 0.3) is 5.69 Å². The van der Waals surface area contributed by atoms with Crippen LogP contribution in [0.1, 0.15) is 5.56 Å². The summed E-state index contributed by atoms with van der Waals surface area (Å²) in [4.78, 5) is 0. The lowest BCUT2D eigenvalue weighted by molar-refractivity contribution is -0.492. The molecule has 28 heteroatoms. The van der Waals surface area contributed by atoms with Crippen LogP contribution in [0.2, 0.25) is 0 Å². The molecule has 0 aliphatic carbocycles. The summed E-state index contributed by atoms with van der Waals surface area (Å²) < 4.78 is 357. The van der Waals surface area contributed by atoms with Crippen LogP contribution in [0, 0.1) is 30.2 Å². The number of hydrogen-bond donors (Lipinski definition) is 0. The molecule has 1 nitrogen and oxygen atoms in total. The van der Waals surface area contributed by atoms with Crippen LogP contribution in [0.15, 0.2) is 0 Å². The summed E-state index contributed by atoms with van der Waals surface area (Å²) in [6, 6.07) is -9.35. The predicted molar refractivity (Wildman–Crippen MR) is 85.6 cm³/mol. The van der Waals surface area contributed by atoms with Crippen LogP contribution in [0.5, 0.6) is 0 Å². The van der Waals surface area contributed by atoms with Gasteiger partial charge in [-0.3, -0.25) is 0 Å². The van der Waals surface area contributed by atoms with E-state index in [1.54, 1.807) is 0 Å². The van der Waals surface area contributed by atoms with Crippen molar-refractivity contribution in [1.82, 2.24) is 4.71 Å². The van der Waals surface area contributed by atoms with E-state index >= 15 is 0 Å². The van der Waals surface area contributed by atoms with E-state index in [1.807, 2.05) is 0 Å². The van der Waals surface area contributed by atoms with E-state index in [0.717, 1.165) is 0 Å². The van der Waals surface area contributed by atoms with Gasteiger partial charge in [0.1, 0.15) is 0 Å². The minimum Gasteiger partial charge on any atom is -0.203 e. The van der Waals surface area contributed by atoms with E-state index in [0.29, 0.717) is 0 Å². The second kappa shape index (κ2) is 10.1. The lowest BCUT2D eigenvalue weighted by Gasteiger charge is -2.44. The van der Waals surface area contributed by atoms with Gasteiger partial charge < -0.3 is 0 Å². The third-order valence-corrected chi connectivity index (χ3v) is 5.60. The van der Waals surface area contributed by atoms with Crippen LogP contribution in [-0.4, -0.2) is 60.0 Å². The van der Waals surface area contributed by atoms with E-state index in [-0.39, 0.29) is 0 Å². The summed E-state index contributed by atoms with van der Waals surface area (Å²) >= 11 is 0. The molecule has 1 atom stereocenters. The first-order chi connectivity index (χ1) is 19.2. The Kier molecular flexibility index (Phi) is 9.09. The van der Waals surface area contributed by atoms with E-state index in [2.05, 4.69) is 0 Å². The molecule has 0 spiro atoms. The average molecular weight is 734 g/mol. The highest BCUT2D eigenvalue weighted by molar-refractivity contribution is 5.50. The van der Waals surface area contributed by atoms with Crippen molar-refractivity contribution in [2.24, 2.45) is 0 Å². The van der Waals surface area contributed by atoms with Crippen LogP contribution in [0.25, 0.3) is 0 Å². The lowest BCUT2D eigenvalue weighted by Crippen LogP contribution is -2.80. The molecule has 45 heavy (non-hydrogen) atoms. The third kappa shape index (κ3) is 4.63. The first kappa shape index (κ1) is 40.3. The van der Waals surface area contributed by atoms with E-state index in [4.69, 9.17) is 0 Å². The number of hydrogen-bond acceptors (Lipinski definition) is 0. The summed E-state index contributed by atoms with van der Waals surface area (Å²) in [5, 5.41) is 0. The minimum atomic E-state index is -9.71. The number of alkyl halides is 22. The Morgan fingerprint density at radius 3 is 0.956 bits per heavy atom. The number of quaternary nitrogens is 1. The molecule has 1 unspecified atom stereocenters. The summed E-state index contributed by atoms with van der Waals surface area (Å²) in [5.41, 5.74) is -7.33. The van der Waals surface area contributed by atoms with E-state index in [1.165, 1.54) is 0 Å². The Bertz CT molecular complexity index is 1270. The van der Waals surface area contributed by atoms with Gasteiger partial charge in [0.2, 0.25) is 11.6 Å². The molecular formula is C17H3F27N+. The van der Waals surface area contributed by atoms with Gasteiger partial charge in [-0.25, -0.2) is 8.78 Å². The van der Waals surface area contributed by atoms with Crippen LogP contribution in [-0.2, 0) is 0 Å². The number of benzene rings is 1. The first-order valence-corrected chi connectivity index (χ1v) is 9.75. The molecule has 0 N–H and O–H groups in total. The van der Waals surface area contributed by atoms with Gasteiger partial charge in [0.15, 0.2) is 11.6 Å². The molecule has 0 aliphatic heterocycles. The highest BCUT2D eigenvalue weighted by Crippen LogP contribution is 2.67. The number of halogens is 27. The predicted octanol–water partition coefficient (Wildman–Crippen LogP) is 9.87. The molecule has 0 saturated carbocycles. The van der Waals surface area contributed by atoms with Crippen LogP contribution in [0.4, 0.5) is 124 Å². The maximum absolute atomic E-state index is 14.8. The van der Waals surface area contributed by atoms with Crippen molar-refractivity contribution in [2.75, 3.05) is 0 Å². The fourth-order valence-corrected chi connectivity index (χ4v) is 2.98. The lowest BCUT2D eigenvalue weighted by atomic mass is 9.88. The van der Waals surface area contributed by atoms with Crippen LogP contribution >= 0.6 is 0 Å². The van der Waals surface area contributed by atoms with Gasteiger partial charge >= 0.3 is 60.0 Å². The molecule has 0 radical (unpaired) electrons. The van der Waals surface area contributed by atoms with E-state index in [9.17, 15) is 119 Å². The maximum Gasteiger partial charge on any atom is 0.608 e. The Hall–Kier alpha value is -2.71. The molecule has 0 amide bonds. The standard InChI is InChI=1S/C17H3F27N/c1-2-3(18)5(20)6(21)7(4(2)19)45(44,17(41,42)43)16(39,40)14(34,35)12(30,31)10(26,27)8(22,23)9(24,25)11(28,29)13(32,33)15(36,37)38/h1H3/q+1. The highest BCUT2D eigenvalue weighted by atomic mass is 19.4. The van der Waals surface area contributed by atoms with Crippen molar-refractivity contribution in [3.05, 3.63) is 28.8 Å². The number of rotatable bonds is 9. The zero-order valence-corrected chi connectivity index (χ0v) is 19.7. The van der Waals surface area contributed by atoms with Crippen molar-refractivity contribution in [1.29, 1.82) is 0 Å². The normalized spacial score (nSPS) is 17.1. The van der Waals surface area contributed by atoms with Crippen molar-refractivity contribution in [2.45, 2.75) is 66.9 Å². The fourth-order valence-electron chi connectivity index (χ4n) is 2.98. The molecule has 0 heterocycles. The second-order valence-corrected chi connectivity index (χ2v) is 8.35. The summed E-state index contributed by atoms with van der Waals surface area (Å²) in [5.74, 6) is -81.1. The van der Waals surface area contributed by atoms with Gasteiger partial charge in [0.05, 0.1) is 4.71 Å². The zero-order chi connectivity index (χ0) is 37.0. The molecule has 0 saturated heterocycles. The average Bonchev–Trinajstić information content (AvgIpc) is 2.83. The Balaban J connectivity index is 4.24. The topological polar surface area (TPSA) is 0 Å². The fraction of sp³-hybridized carbons (Fsp3) is 0.647. The van der Waals surface area contributed by atoms with Crippen molar-refractivity contribution < 1.29 is 119 Å². The van der Waals surface area contributed by atoms with Crippen LogP contribution in [0.3, 0.4) is 0 Å². The van der Waals surface area contributed by atoms with Crippen LogP contribution < -0.4 is 4.71 Å². The molecule has 1 rings (SSSR count). The minimum absolute atomic E-state index is 0.448. The van der Waals surface area contributed by atoms with Gasteiger partial charge in [-0.2, -0.15) is 83.4 Å². The van der Waals surface area contributed by atoms with Gasteiger partial charge in [-0.15, -0.1) is 22.0 Å². The molecule has 1 aromatic carbocycles. The largest absolute Gasteiger partial charge is 0.608 e. The van der Waals surface area contributed by atoms with Gasteiger partial charge in [-0.1, -0.05) is 0 Å². The molecule has 0 aromatic heterocycles. The zero-order valence-electron chi connectivity index (χ0n) is 19.7. The van der Waals surface area contributed by atoms with Gasteiger partial charge in [-0.05, 0) is 6.92 Å². The van der Waals surface area contributed by atoms with Crippen molar-refractivity contribution >= 4 is 5.69 Å². The highest BCUT2D eigenvalue weighted by Gasteiger charge is 3.00. The van der Waals surface area contributed by atoms with Crippen molar-refractivity contribution in [3.63, 3.8) is 0 Å². The first-order valence-electron chi connectivity index (χ1n) is 9.75. The Morgan fingerprint density at radius 2 is 0.667 bits per heavy atom. The molecule has 0 aliphatic rings. The Labute approximate surface area is 226 Å². The summed E-state index contributed by atoms with van der Waals surface area (Å²) in [6.45, 7) is -0.448. The molecular weight excluding hydrogens is 731 g/mol. The van der Waals surface area contributed by atoms with Gasteiger partial charge in [0, 0.05) is 10.0 Å². The van der Waals surface area contributed by atoms with Crippen molar-refractivity contribution in [3.8, 4) is 0 Å². The Morgan fingerprint density at radius 1 is 0.378 bits per heavy atom. The summed E-state index contributed by atoms with van der Waals surface area (Å²) in [6.07, 6.45) is -16.7. The third-order valence-electron chi connectivity index (χ3n) is 5.60. The second-order valence-electron chi connectivity index (χ2n) is 8.35. The number of nitrogens with zero attached hydrogens (tertiary/aromatic N) is 1. The SMILES string of the molecule is Cc1c(F)c(F)c(F)c([N+](F)(C(F)(F)F)C(F)(F)C(F)(F)C(F)(F)C(F)(F)C(F)(F)C(F)(F)C(F)(F)C(F)(F)C(F)(F)F)c1F. The quantitative estimate of drug-likeness (QED) is 0.0780. The maximum atomic E-state index is 14.8. The molecule has 0 fully saturated rings. The smallest absolute Gasteiger partial charge is 0.203 e. The van der Waals surface area contributed by atoms with E-state index < -0.39 is 106 Å². The monoisotopic (exact) mass is 734 g/mol.